The Hall–Kier alpha value is -2.12. The number of anilines is 1. The molecule has 0 aliphatic rings. The van der Waals surface area contributed by atoms with Crippen molar-refractivity contribution in [2.24, 2.45) is 0 Å². The maximum atomic E-state index is 12.8. The Morgan fingerprint density at radius 3 is 2.00 bits per heavy atom. The van der Waals surface area contributed by atoms with E-state index >= 15 is 0 Å². The summed E-state index contributed by atoms with van der Waals surface area (Å²) in [5.74, 6) is 0.614. The Labute approximate surface area is 157 Å². The first-order valence-corrected chi connectivity index (χ1v) is 15.9. The zero-order valence-corrected chi connectivity index (χ0v) is 18.5. The van der Waals surface area contributed by atoms with Crippen molar-refractivity contribution in [2.75, 3.05) is 4.23 Å². The van der Waals surface area contributed by atoms with E-state index in [1.807, 2.05) is 42.5 Å². The van der Waals surface area contributed by atoms with Gasteiger partial charge in [0.2, 0.25) is 0 Å². The summed E-state index contributed by atoms with van der Waals surface area (Å²) >= 11 is 0. The first-order valence-electron chi connectivity index (χ1n) is 9.01. The van der Waals surface area contributed by atoms with E-state index in [-0.39, 0.29) is 5.43 Å². The van der Waals surface area contributed by atoms with Crippen LogP contribution in [-0.2, 0) is 0 Å². The molecule has 0 unspecified atom stereocenters. The molecule has 0 radical (unpaired) electrons. The highest BCUT2D eigenvalue weighted by Gasteiger charge is 2.34. The molecule has 2 aromatic carbocycles. The van der Waals surface area contributed by atoms with Crippen molar-refractivity contribution in [1.29, 1.82) is 0 Å². The second kappa shape index (κ2) is 6.56. The summed E-state index contributed by atoms with van der Waals surface area (Å²) in [5.41, 5.74) is 2.72. The molecule has 0 spiro atoms. The molecule has 1 heterocycles. The average molecular weight is 382 g/mol. The molecular weight excluding hydrogens is 354 g/mol. The van der Waals surface area contributed by atoms with E-state index in [0.717, 1.165) is 11.3 Å². The predicted octanol–water partition coefficient (Wildman–Crippen LogP) is 5.94. The van der Waals surface area contributed by atoms with Crippen LogP contribution in [-0.4, -0.2) is 16.5 Å². The molecule has 0 saturated carbocycles. The fraction of sp³-hybridized carbons (Fsp3) is 0.286. The highest BCUT2D eigenvalue weighted by molar-refractivity contribution is 6.99. The summed E-state index contributed by atoms with van der Waals surface area (Å²) in [4.78, 5) is 12.8. The summed E-state index contributed by atoms with van der Waals surface area (Å²) in [6.07, 6.45) is 0. The van der Waals surface area contributed by atoms with Crippen LogP contribution < -0.4 is 9.66 Å². The van der Waals surface area contributed by atoms with Crippen LogP contribution in [0.1, 0.15) is 0 Å². The molecule has 0 aliphatic carbocycles. The van der Waals surface area contributed by atoms with Gasteiger partial charge in [0.15, 0.2) is 5.43 Å². The highest BCUT2D eigenvalue weighted by atomic mass is 28.4. The molecule has 26 heavy (non-hydrogen) atoms. The Bertz CT molecular complexity index is 969. The van der Waals surface area contributed by atoms with Gasteiger partial charge in [-0.3, -0.25) is 4.79 Å². The Morgan fingerprint density at radius 2 is 1.42 bits per heavy atom. The van der Waals surface area contributed by atoms with E-state index in [0.29, 0.717) is 16.7 Å². The van der Waals surface area contributed by atoms with Gasteiger partial charge in [-0.1, -0.05) is 69.6 Å². The third kappa shape index (κ3) is 3.69. The number of rotatable bonds is 4. The molecule has 136 valence electrons. The van der Waals surface area contributed by atoms with Gasteiger partial charge >= 0.3 is 0 Å². The van der Waals surface area contributed by atoms with Gasteiger partial charge in [0.25, 0.3) is 0 Å². The van der Waals surface area contributed by atoms with Crippen molar-refractivity contribution in [1.82, 2.24) is 0 Å². The Kier molecular flexibility index (Phi) is 4.71. The molecule has 0 fully saturated rings. The zero-order chi connectivity index (χ0) is 19.1. The van der Waals surface area contributed by atoms with Crippen LogP contribution >= 0.6 is 0 Å². The van der Waals surface area contributed by atoms with Gasteiger partial charge in [-0.2, -0.15) is 0 Å². The lowest BCUT2D eigenvalue weighted by Gasteiger charge is -2.46. The van der Waals surface area contributed by atoms with Crippen LogP contribution in [0.3, 0.4) is 0 Å². The van der Waals surface area contributed by atoms with Crippen molar-refractivity contribution in [3.05, 3.63) is 64.8 Å². The van der Waals surface area contributed by atoms with Gasteiger partial charge in [0, 0.05) is 17.3 Å². The van der Waals surface area contributed by atoms with Gasteiger partial charge in [0.1, 0.15) is 27.8 Å². The first-order chi connectivity index (χ1) is 12.1. The molecular formula is C21H27NO2Si2. The number of benzene rings is 2. The van der Waals surface area contributed by atoms with Gasteiger partial charge in [-0.25, -0.2) is 0 Å². The van der Waals surface area contributed by atoms with Gasteiger partial charge in [0.05, 0.1) is 5.39 Å². The summed E-state index contributed by atoms with van der Waals surface area (Å²) in [7, 11) is -3.14. The standard InChI is InChI=1S/C21H27NO2Si2/c1-25(2,3)22(26(4,5)6)17-12-13-20-18(14-17)19(23)15-21(24-20)16-10-8-7-9-11-16/h7-15H,1-6H3. The number of hydrogen-bond acceptors (Lipinski definition) is 3. The van der Waals surface area contributed by atoms with E-state index in [1.54, 1.807) is 6.07 Å². The fourth-order valence-electron chi connectivity index (χ4n) is 3.81. The summed E-state index contributed by atoms with van der Waals surface area (Å²) in [5, 5.41) is 0.656. The second-order valence-corrected chi connectivity index (χ2v) is 18.7. The van der Waals surface area contributed by atoms with Crippen LogP contribution in [0.2, 0.25) is 39.3 Å². The smallest absolute Gasteiger partial charge is 0.193 e. The molecule has 0 saturated heterocycles. The quantitative estimate of drug-likeness (QED) is 0.525. The number of nitrogens with zero attached hydrogens (tertiary/aromatic N) is 1. The summed E-state index contributed by atoms with van der Waals surface area (Å²) < 4.78 is 8.65. The van der Waals surface area contributed by atoms with E-state index < -0.39 is 16.5 Å². The van der Waals surface area contributed by atoms with E-state index in [2.05, 4.69) is 49.6 Å². The highest BCUT2D eigenvalue weighted by Crippen LogP contribution is 2.31. The van der Waals surface area contributed by atoms with E-state index in [1.165, 1.54) is 0 Å². The Balaban J connectivity index is 2.16. The molecule has 3 rings (SSSR count). The SMILES string of the molecule is C[Si](C)(C)N(c1ccc2oc(-c3ccccc3)cc(=O)c2c1)[Si](C)(C)C. The van der Waals surface area contributed by atoms with Crippen LogP contribution in [0.15, 0.2) is 63.8 Å². The number of hydrogen-bond donors (Lipinski definition) is 0. The lowest BCUT2D eigenvalue weighted by atomic mass is 10.1. The Morgan fingerprint density at radius 1 is 0.808 bits per heavy atom. The van der Waals surface area contributed by atoms with Crippen molar-refractivity contribution >= 4 is 33.1 Å². The van der Waals surface area contributed by atoms with Crippen LogP contribution in [0.25, 0.3) is 22.3 Å². The van der Waals surface area contributed by atoms with Crippen molar-refractivity contribution < 1.29 is 4.42 Å². The normalized spacial score (nSPS) is 12.4. The molecule has 3 nitrogen and oxygen atoms in total. The summed E-state index contributed by atoms with van der Waals surface area (Å²) in [6.45, 7) is 14.1. The topological polar surface area (TPSA) is 33.5 Å². The molecule has 1 aromatic heterocycles. The maximum Gasteiger partial charge on any atom is 0.193 e. The second-order valence-electron chi connectivity index (χ2n) is 8.70. The fourth-order valence-corrected chi connectivity index (χ4v) is 13.7. The first kappa shape index (κ1) is 18.7. The minimum Gasteiger partial charge on any atom is -0.456 e. The molecule has 0 amide bonds. The third-order valence-corrected chi connectivity index (χ3v) is 11.6. The van der Waals surface area contributed by atoms with Gasteiger partial charge < -0.3 is 8.65 Å². The zero-order valence-electron chi connectivity index (χ0n) is 16.5. The predicted molar refractivity (Wildman–Crippen MR) is 117 cm³/mol. The largest absolute Gasteiger partial charge is 0.456 e. The van der Waals surface area contributed by atoms with Gasteiger partial charge in [-0.15, -0.1) is 0 Å². The monoisotopic (exact) mass is 381 g/mol. The summed E-state index contributed by atoms with van der Waals surface area (Å²) in [6, 6.07) is 17.4. The van der Waals surface area contributed by atoms with Crippen molar-refractivity contribution in [3.8, 4) is 11.3 Å². The molecule has 3 aromatic rings. The molecule has 0 atom stereocenters. The van der Waals surface area contributed by atoms with Crippen molar-refractivity contribution in [3.63, 3.8) is 0 Å². The third-order valence-electron chi connectivity index (χ3n) is 4.37. The van der Waals surface area contributed by atoms with Gasteiger partial charge in [-0.05, 0) is 18.2 Å². The number of fused-ring (bicyclic) bond motifs is 1. The van der Waals surface area contributed by atoms with E-state index in [4.69, 9.17) is 4.42 Å². The lowest BCUT2D eigenvalue weighted by molar-refractivity contribution is 0.619. The molecule has 5 heteroatoms. The molecule has 0 N–H and O–H groups in total. The molecule has 0 aliphatic heterocycles. The van der Waals surface area contributed by atoms with Crippen LogP contribution in [0.5, 0.6) is 0 Å². The lowest BCUT2D eigenvalue weighted by Crippen LogP contribution is -2.59. The molecule has 0 bridgehead atoms. The van der Waals surface area contributed by atoms with E-state index in [9.17, 15) is 4.79 Å². The average Bonchev–Trinajstić information content (AvgIpc) is 2.53. The maximum absolute atomic E-state index is 12.8. The van der Waals surface area contributed by atoms with Crippen molar-refractivity contribution in [2.45, 2.75) is 39.3 Å². The van der Waals surface area contributed by atoms with Crippen LogP contribution in [0.4, 0.5) is 5.69 Å². The minimum atomic E-state index is -1.57. The van der Waals surface area contributed by atoms with Crippen LogP contribution in [0, 0.1) is 0 Å². The minimum absolute atomic E-state index is 0.0121.